The largest absolute Gasteiger partial charge is 0.342 e. The molecular weight excluding hydrogens is 236 g/mol. The van der Waals surface area contributed by atoms with Gasteiger partial charge in [0.25, 0.3) is 0 Å². The predicted molar refractivity (Wildman–Crippen MR) is 77.0 cm³/mol. The van der Waals surface area contributed by atoms with Crippen molar-refractivity contribution in [1.82, 2.24) is 9.97 Å². The highest BCUT2D eigenvalue weighted by molar-refractivity contribution is 6.01. The summed E-state index contributed by atoms with van der Waals surface area (Å²) >= 11 is 0. The fourth-order valence-corrected chi connectivity index (χ4v) is 2.10. The summed E-state index contributed by atoms with van der Waals surface area (Å²) in [6.45, 7) is 0. The Bertz CT molecular complexity index is 680. The normalized spacial score (nSPS) is 11.9. The minimum atomic E-state index is 0.592. The number of nitrogens with one attached hydrogen (secondary N) is 1. The molecule has 0 radical (unpaired) electrons. The van der Waals surface area contributed by atoms with Crippen LogP contribution in [-0.4, -0.2) is 15.7 Å². The lowest BCUT2D eigenvalue weighted by molar-refractivity contribution is 1.08. The molecule has 0 fully saturated rings. The number of nitrogens with zero attached hydrogens (tertiary/aromatic N) is 2. The van der Waals surface area contributed by atoms with Gasteiger partial charge < -0.3 is 10.8 Å². The fraction of sp³-hybridized carbons (Fsp3) is 0.0667. The Morgan fingerprint density at radius 2 is 1.79 bits per heavy atom. The SMILES string of the molecule is N/N=C(\Cc1nc2ccccc2[nH]1)c1ccccc1. The summed E-state index contributed by atoms with van der Waals surface area (Å²) in [5.74, 6) is 6.36. The zero-order valence-electron chi connectivity index (χ0n) is 10.4. The molecule has 0 saturated heterocycles. The Hall–Kier alpha value is -2.62. The van der Waals surface area contributed by atoms with Crippen LogP contribution in [0.2, 0.25) is 0 Å². The van der Waals surface area contributed by atoms with Crippen molar-refractivity contribution in [3.63, 3.8) is 0 Å². The molecule has 2 aromatic carbocycles. The van der Waals surface area contributed by atoms with Gasteiger partial charge in [-0.2, -0.15) is 5.10 Å². The molecule has 3 rings (SSSR count). The zero-order chi connectivity index (χ0) is 13.1. The lowest BCUT2D eigenvalue weighted by atomic mass is 10.1. The van der Waals surface area contributed by atoms with Gasteiger partial charge >= 0.3 is 0 Å². The van der Waals surface area contributed by atoms with Gasteiger partial charge in [-0.3, -0.25) is 0 Å². The van der Waals surface area contributed by atoms with Gasteiger partial charge in [-0.1, -0.05) is 42.5 Å². The van der Waals surface area contributed by atoms with Gasteiger partial charge in [0.05, 0.1) is 23.2 Å². The van der Waals surface area contributed by atoms with E-state index in [4.69, 9.17) is 5.84 Å². The topological polar surface area (TPSA) is 67.1 Å². The van der Waals surface area contributed by atoms with Crippen LogP contribution in [0.4, 0.5) is 0 Å². The average molecular weight is 250 g/mol. The highest BCUT2D eigenvalue weighted by atomic mass is 15.1. The maximum Gasteiger partial charge on any atom is 0.113 e. The average Bonchev–Trinajstić information content (AvgIpc) is 2.88. The fourth-order valence-electron chi connectivity index (χ4n) is 2.10. The first-order chi connectivity index (χ1) is 9.36. The van der Waals surface area contributed by atoms with Crippen molar-refractivity contribution in [2.75, 3.05) is 0 Å². The number of benzene rings is 2. The minimum absolute atomic E-state index is 0.592. The molecular formula is C15H14N4. The molecule has 0 amide bonds. The molecule has 4 heteroatoms. The van der Waals surface area contributed by atoms with Gasteiger partial charge in [-0.05, 0) is 17.7 Å². The van der Waals surface area contributed by atoms with E-state index in [0.29, 0.717) is 6.42 Å². The number of hydrogen-bond acceptors (Lipinski definition) is 3. The van der Waals surface area contributed by atoms with Crippen molar-refractivity contribution < 1.29 is 0 Å². The van der Waals surface area contributed by atoms with Crippen LogP contribution in [0, 0.1) is 0 Å². The van der Waals surface area contributed by atoms with E-state index in [2.05, 4.69) is 15.1 Å². The second-order valence-corrected chi connectivity index (χ2v) is 4.32. The van der Waals surface area contributed by atoms with E-state index in [1.807, 2.05) is 54.6 Å². The number of para-hydroxylation sites is 2. The minimum Gasteiger partial charge on any atom is -0.342 e. The number of aromatic amines is 1. The van der Waals surface area contributed by atoms with E-state index in [0.717, 1.165) is 28.1 Å². The second kappa shape index (κ2) is 4.94. The number of nitrogens with two attached hydrogens (primary N) is 1. The van der Waals surface area contributed by atoms with Crippen LogP contribution in [0.5, 0.6) is 0 Å². The standard InChI is InChI=1S/C15H14N4/c16-19-14(11-6-2-1-3-7-11)10-15-17-12-8-4-5-9-13(12)18-15/h1-9H,10,16H2,(H,17,18)/b19-14+. The molecule has 1 aromatic heterocycles. The number of imidazole rings is 1. The quantitative estimate of drug-likeness (QED) is 0.426. The van der Waals surface area contributed by atoms with Crippen LogP contribution in [0.1, 0.15) is 11.4 Å². The van der Waals surface area contributed by atoms with Crippen molar-refractivity contribution >= 4 is 16.7 Å². The van der Waals surface area contributed by atoms with Gasteiger partial charge in [0.2, 0.25) is 0 Å². The molecule has 94 valence electrons. The molecule has 3 N–H and O–H groups in total. The second-order valence-electron chi connectivity index (χ2n) is 4.32. The monoisotopic (exact) mass is 250 g/mol. The first-order valence-electron chi connectivity index (χ1n) is 6.12. The molecule has 0 aliphatic heterocycles. The third-order valence-corrected chi connectivity index (χ3v) is 3.04. The molecule has 19 heavy (non-hydrogen) atoms. The number of hydrogen-bond donors (Lipinski definition) is 2. The van der Waals surface area contributed by atoms with Crippen molar-refractivity contribution in [2.45, 2.75) is 6.42 Å². The number of H-pyrrole nitrogens is 1. The van der Waals surface area contributed by atoms with Gasteiger partial charge in [-0.25, -0.2) is 4.98 Å². The van der Waals surface area contributed by atoms with Crippen LogP contribution in [0.3, 0.4) is 0 Å². The third kappa shape index (κ3) is 2.33. The van der Waals surface area contributed by atoms with Gasteiger partial charge in [0.1, 0.15) is 5.82 Å². The molecule has 1 heterocycles. The van der Waals surface area contributed by atoms with Gasteiger partial charge in [-0.15, -0.1) is 0 Å². The summed E-state index contributed by atoms with van der Waals surface area (Å²) in [5, 5.41) is 3.88. The molecule has 0 spiro atoms. The molecule has 0 aliphatic carbocycles. The maximum atomic E-state index is 5.49. The number of hydrazone groups is 1. The Morgan fingerprint density at radius 3 is 2.53 bits per heavy atom. The van der Waals surface area contributed by atoms with Gasteiger partial charge in [0, 0.05) is 0 Å². The summed E-state index contributed by atoms with van der Waals surface area (Å²) < 4.78 is 0. The van der Waals surface area contributed by atoms with Crippen LogP contribution in [0.25, 0.3) is 11.0 Å². The Morgan fingerprint density at radius 1 is 1.05 bits per heavy atom. The van der Waals surface area contributed by atoms with E-state index in [9.17, 15) is 0 Å². The zero-order valence-corrected chi connectivity index (χ0v) is 10.4. The molecule has 0 bridgehead atoms. The van der Waals surface area contributed by atoms with Gasteiger partial charge in [0.15, 0.2) is 0 Å². The number of fused-ring (bicyclic) bond motifs is 1. The lowest BCUT2D eigenvalue weighted by Gasteiger charge is -2.02. The summed E-state index contributed by atoms with van der Waals surface area (Å²) in [5.41, 5.74) is 3.83. The molecule has 0 aliphatic rings. The summed E-state index contributed by atoms with van der Waals surface area (Å²) in [4.78, 5) is 7.82. The van der Waals surface area contributed by atoms with Crippen molar-refractivity contribution in [2.24, 2.45) is 10.9 Å². The van der Waals surface area contributed by atoms with E-state index >= 15 is 0 Å². The first kappa shape index (κ1) is 11.5. The van der Waals surface area contributed by atoms with E-state index < -0.39 is 0 Å². The van der Waals surface area contributed by atoms with Crippen molar-refractivity contribution in [3.8, 4) is 0 Å². The summed E-state index contributed by atoms with van der Waals surface area (Å²) in [6, 6.07) is 17.9. The molecule has 0 atom stereocenters. The smallest absolute Gasteiger partial charge is 0.113 e. The number of aromatic nitrogens is 2. The molecule has 0 unspecified atom stereocenters. The molecule has 4 nitrogen and oxygen atoms in total. The Labute approximate surface area is 111 Å². The maximum absolute atomic E-state index is 5.49. The van der Waals surface area contributed by atoms with E-state index in [1.165, 1.54) is 0 Å². The van der Waals surface area contributed by atoms with Crippen LogP contribution < -0.4 is 5.84 Å². The van der Waals surface area contributed by atoms with Crippen LogP contribution in [-0.2, 0) is 6.42 Å². The van der Waals surface area contributed by atoms with Crippen LogP contribution >= 0.6 is 0 Å². The van der Waals surface area contributed by atoms with Crippen molar-refractivity contribution in [1.29, 1.82) is 0 Å². The molecule has 0 saturated carbocycles. The van der Waals surface area contributed by atoms with E-state index in [1.54, 1.807) is 0 Å². The highest BCUT2D eigenvalue weighted by Crippen LogP contribution is 2.12. The summed E-state index contributed by atoms with van der Waals surface area (Å²) in [7, 11) is 0. The van der Waals surface area contributed by atoms with E-state index in [-0.39, 0.29) is 0 Å². The molecule has 3 aromatic rings. The third-order valence-electron chi connectivity index (χ3n) is 3.04. The van der Waals surface area contributed by atoms with Crippen molar-refractivity contribution in [3.05, 3.63) is 66.0 Å². The number of rotatable bonds is 3. The highest BCUT2D eigenvalue weighted by Gasteiger charge is 2.08. The summed E-state index contributed by atoms with van der Waals surface area (Å²) in [6.07, 6.45) is 0.592. The van der Waals surface area contributed by atoms with Crippen LogP contribution in [0.15, 0.2) is 59.7 Å². The first-order valence-corrected chi connectivity index (χ1v) is 6.12. The Kier molecular flexibility index (Phi) is 2.98. The predicted octanol–water partition coefficient (Wildman–Crippen LogP) is 2.47. The Balaban J connectivity index is 1.91. The lowest BCUT2D eigenvalue weighted by Crippen LogP contribution is -2.09.